The van der Waals surface area contributed by atoms with Gasteiger partial charge in [0.1, 0.15) is 4.88 Å². The largest absolute Gasteiger partial charge is 0.493 e. The summed E-state index contributed by atoms with van der Waals surface area (Å²) in [5, 5.41) is 4.64. The van der Waals surface area contributed by atoms with Gasteiger partial charge in [0.2, 0.25) is 0 Å². The number of esters is 1. The van der Waals surface area contributed by atoms with E-state index in [1.165, 1.54) is 22.7 Å². The summed E-state index contributed by atoms with van der Waals surface area (Å²) in [5.74, 6) is 0.452. The Hall–Kier alpha value is -2.84. The first kappa shape index (κ1) is 19.9. The van der Waals surface area contributed by atoms with E-state index in [1.807, 2.05) is 17.5 Å². The lowest BCUT2D eigenvalue weighted by atomic mass is 10.1. The number of hydrogen-bond acceptors (Lipinski definition) is 7. The van der Waals surface area contributed by atoms with E-state index in [-0.39, 0.29) is 12.5 Å². The number of nitrogens with one attached hydrogen (secondary N) is 1. The first-order chi connectivity index (χ1) is 13.6. The van der Waals surface area contributed by atoms with Crippen molar-refractivity contribution in [1.29, 1.82) is 0 Å². The molecule has 8 heteroatoms. The predicted octanol–water partition coefficient (Wildman–Crippen LogP) is 4.92. The molecule has 0 aliphatic heterocycles. The second-order valence-electron chi connectivity index (χ2n) is 5.58. The lowest BCUT2D eigenvalue weighted by Gasteiger charge is -2.08. The first-order valence-corrected chi connectivity index (χ1v) is 10.1. The molecule has 2 heterocycles. The molecule has 0 aliphatic rings. The summed E-state index contributed by atoms with van der Waals surface area (Å²) >= 11 is 2.58. The maximum atomic E-state index is 12.5. The number of hydrogen-bond donors (Lipinski definition) is 1. The van der Waals surface area contributed by atoms with Crippen LogP contribution in [0.4, 0.5) is 5.69 Å². The second kappa shape index (κ2) is 8.90. The number of ether oxygens (including phenoxy) is 3. The summed E-state index contributed by atoms with van der Waals surface area (Å²) in [5.41, 5.74) is 1.26. The zero-order valence-electron chi connectivity index (χ0n) is 15.6. The summed E-state index contributed by atoms with van der Waals surface area (Å²) in [6, 6.07) is 10.8. The highest BCUT2D eigenvalue weighted by atomic mass is 32.1. The van der Waals surface area contributed by atoms with Crippen molar-refractivity contribution in [2.75, 3.05) is 26.1 Å². The molecule has 0 saturated carbocycles. The van der Waals surface area contributed by atoms with Crippen LogP contribution in [0.1, 0.15) is 26.3 Å². The number of thiophene rings is 2. The molecule has 0 bridgehead atoms. The summed E-state index contributed by atoms with van der Waals surface area (Å²) in [7, 11) is 3.13. The van der Waals surface area contributed by atoms with Crippen LogP contribution >= 0.6 is 22.7 Å². The van der Waals surface area contributed by atoms with Gasteiger partial charge in [-0.05, 0) is 48.2 Å². The zero-order valence-corrected chi connectivity index (χ0v) is 17.2. The molecule has 1 aromatic carbocycles. The molecule has 0 fully saturated rings. The number of methoxy groups -OCH3 is 2. The van der Waals surface area contributed by atoms with Crippen molar-refractivity contribution in [3.63, 3.8) is 0 Å². The molecule has 3 rings (SSSR count). The van der Waals surface area contributed by atoms with E-state index in [0.717, 1.165) is 10.4 Å². The molecule has 2 aromatic heterocycles. The van der Waals surface area contributed by atoms with E-state index in [1.54, 1.807) is 45.4 Å². The van der Waals surface area contributed by atoms with Crippen molar-refractivity contribution in [2.24, 2.45) is 0 Å². The zero-order chi connectivity index (χ0) is 20.1. The topological polar surface area (TPSA) is 73.9 Å². The Kier molecular flexibility index (Phi) is 6.33. The quantitative estimate of drug-likeness (QED) is 0.552. The van der Waals surface area contributed by atoms with Gasteiger partial charge in [-0.3, -0.25) is 4.79 Å². The molecule has 0 spiro atoms. The monoisotopic (exact) mass is 417 g/mol. The fourth-order valence-electron chi connectivity index (χ4n) is 2.56. The van der Waals surface area contributed by atoms with E-state index in [9.17, 15) is 9.59 Å². The van der Waals surface area contributed by atoms with Gasteiger partial charge in [-0.1, -0.05) is 6.07 Å². The molecule has 1 amide bonds. The summed E-state index contributed by atoms with van der Waals surface area (Å²) in [6.45, 7) is 1.99. The smallest absolute Gasteiger partial charge is 0.350 e. The number of carbonyl (C=O) groups excluding carboxylic acids is 2. The maximum Gasteiger partial charge on any atom is 0.350 e. The van der Waals surface area contributed by atoms with Crippen molar-refractivity contribution in [1.82, 2.24) is 0 Å². The van der Waals surface area contributed by atoms with Gasteiger partial charge in [-0.15, -0.1) is 22.7 Å². The Labute approximate surface area is 170 Å². The molecule has 0 saturated heterocycles. The Balaban J connectivity index is 1.99. The molecular formula is C20H19NO5S2. The van der Waals surface area contributed by atoms with Gasteiger partial charge in [-0.25, -0.2) is 4.79 Å². The standard InChI is InChI=1S/C20H19NO5S2/c1-4-26-20(23)18-13(21-19(22)16-6-5-9-27-16)11-17(28-18)12-7-8-14(24-2)15(10-12)25-3/h5-11H,4H2,1-3H3,(H,21,22). The van der Waals surface area contributed by atoms with Crippen molar-refractivity contribution in [3.05, 3.63) is 51.5 Å². The fraction of sp³-hybridized carbons (Fsp3) is 0.200. The summed E-state index contributed by atoms with van der Waals surface area (Å²) < 4.78 is 15.8. The Morgan fingerprint density at radius 3 is 2.50 bits per heavy atom. The first-order valence-electron chi connectivity index (χ1n) is 8.45. The van der Waals surface area contributed by atoms with Crippen LogP contribution in [-0.4, -0.2) is 32.7 Å². The van der Waals surface area contributed by atoms with Crippen LogP contribution in [0.5, 0.6) is 11.5 Å². The SMILES string of the molecule is CCOC(=O)c1sc(-c2ccc(OC)c(OC)c2)cc1NC(=O)c1cccs1. The Bertz CT molecular complexity index is 979. The van der Waals surface area contributed by atoms with E-state index >= 15 is 0 Å². The minimum absolute atomic E-state index is 0.251. The van der Waals surface area contributed by atoms with Crippen LogP contribution < -0.4 is 14.8 Å². The Morgan fingerprint density at radius 1 is 1.07 bits per heavy atom. The average molecular weight is 418 g/mol. The Morgan fingerprint density at radius 2 is 1.86 bits per heavy atom. The van der Waals surface area contributed by atoms with Gasteiger partial charge < -0.3 is 19.5 Å². The third-order valence-electron chi connectivity index (χ3n) is 3.85. The molecule has 0 aliphatic carbocycles. The predicted molar refractivity (Wildman–Crippen MR) is 111 cm³/mol. The summed E-state index contributed by atoms with van der Waals surface area (Å²) in [4.78, 5) is 26.6. The average Bonchev–Trinajstić information content (AvgIpc) is 3.38. The van der Waals surface area contributed by atoms with Crippen LogP contribution in [0.25, 0.3) is 10.4 Å². The minimum atomic E-state index is -0.472. The van der Waals surface area contributed by atoms with Gasteiger partial charge in [0, 0.05) is 4.88 Å². The molecular weight excluding hydrogens is 398 g/mol. The minimum Gasteiger partial charge on any atom is -0.493 e. The number of benzene rings is 1. The van der Waals surface area contributed by atoms with Crippen molar-refractivity contribution < 1.29 is 23.8 Å². The number of carbonyl (C=O) groups is 2. The van der Waals surface area contributed by atoms with Crippen molar-refractivity contribution in [2.45, 2.75) is 6.92 Å². The van der Waals surface area contributed by atoms with Gasteiger partial charge in [0.05, 0.1) is 31.4 Å². The molecule has 146 valence electrons. The lowest BCUT2D eigenvalue weighted by molar-refractivity contribution is 0.0533. The van der Waals surface area contributed by atoms with Crippen molar-refractivity contribution in [3.8, 4) is 21.9 Å². The molecule has 28 heavy (non-hydrogen) atoms. The fourth-order valence-corrected chi connectivity index (χ4v) is 4.18. The van der Waals surface area contributed by atoms with Crippen LogP contribution in [0.2, 0.25) is 0 Å². The van der Waals surface area contributed by atoms with E-state index < -0.39 is 5.97 Å². The number of amides is 1. The molecule has 3 aromatic rings. The number of rotatable bonds is 7. The highest BCUT2D eigenvalue weighted by molar-refractivity contribution is 7.18. The molecule has 6 nitrogen and oxygen atoms in total. The van der Waals surface area contributed by atoms with Gasteiger partial charge >= 0.3 is 5.97 Å². The maximum absolute atomic E-state index is 12.5. The normalized spacial score (nSPS) is 10.4. The van der Waals surface area contributed by atoms with Crippen LogP contribution in [0.3, 0.4) is 0 Å². The molecule has 0 unspecified atom stereocenters. The van der Waals surface area contributed by atoms with E-state index in [2.05, 4.69) is 5.32 Å². The van der Waals surface area contributed by atoms with Gasteiger partial charge in [0.15, 0.2) is 11.5 Å². The second-order valence-corrected chi connectivity index (χ2v) is 7.58. The van der Waals surface area contributed by atoms with Crippen LogP contribution in [-0.2, 0) is 4.74 Å². The highest BCUT2D eigenvalue weighted by Crippen LogP contribution is 2.39. The third-order valence-corrected chi connectivity index (χ3v) is 5.89. The summed E-state index contributed by atoms with van der Waals surface area (Å²) in [6.07, 6.45) is 0. The highest BCUT2D eigenvalue weighted by Gasteiger charge is 2.21. The molecule has 0 radical (unpaired) electrons. The molecule has 0 atom stereocenters. The molecule has 1 N–H and O–H groups in total. The van der Waals surface area contributed by atoms with Gasteiger partial charge in [-0.2, -0.15) is 0 Å². The van der Waals surface area contributed by atoms with Crippen molar-refractivity contribution >= 4 is 40.2 Å². The van der Waals surface area contributed by atoms with Crippen LogP contribution in [0, 0.1) is 0 Å². The van der Waals surface area contributed by atoms with Gasteiger partial charge in [0.25, 0.3) is 5.91 Å². The lowest BCUT2D eigenvalue weighted by Crippen LogP contribution is -2.13. The number of anilines is 1. The van der Waals surface area contributed by atoms with E-state index in [0.29, 0.717) is 26.9 Å². The van der Waals surface area contributed by atoms with Crippen LogP contribution in [0.15, 0.2) is 41.8 Å². The van der Waals surface area contributed by atoms with E-state index in [4.69, 9.17) is 14.2 Å². The third kappa shape index (κ3) is 4.18.